The highest BCUT2D eigenvalue weighted by atomic mass is 31.0. The third-order valence-corrected chi connectivity index (χ3v) is 3.33. The van der Waals surface area contributed by atoms with E-state index in [1.807, 2.05) is 0 Å². The number of imidazole rings is 1. The van der Waals surface area contributed by atoms with Gasteiger partial charge in [-0.15, -0.1) is 0 Å². The average molecular weight is 372 g/mol. The zero-order chi connectivity index (χ0) is 19.4. The lowest BCUT2D eigenvalue weighted by Crippen LogP contribution is -2.57. The van der Waals surface area contributed by atoms with Crippen molar-refractivity contribution in [1.29, 1.82) is 0 Å². The van der Waals surface area contributed by atoms with Gasteiger partial charge in [0.2, 0.25) is 5.91 Å². The molecule has 2 amide bonds. The Hall–Kier alpha value is -2.15. The topological polar surface area (TPSA) is 123 Å². The largest absolute Gasteiger partial charge is 0.480 e. The van der Waals surface area contributed by atoms with Crippen LogP contribution in [0.2, 0.25) is 0 Å². The highest BCUT2D eigenvalue weighted by molar-refractivity contribution is 7.14. The van der Waals surface area contributed by atoms with E-state index >= 15 is 0 Å². The maximum atomic E-state index is 12.5. The van der Waals surface area contributed by atoms with E-state index in [0.717, 1.165) is 0 Å². The molecule has 1 rings (SSSR count). The Morgan fingerprint density at radius 2 is 1.92 bits per heavy atom. The lowest BCUT2D eigenvalue weighted by atomic mass is 10.0. The molecular weight excluding hydrogens is 347 g/mol. The number of aliphatic carboxylic acids is 1. The lowest BCUT2D eigenvalue weighted by molar-refractivity contribution is -0.146. The van der Waals surface area contributed by atoms with Crippen LogP contribution >= 0.6 is 9.39 Å². The number of amides is 2. The van der Waals surface area contributed by atoms with Gasteiger partial charge in [-0.2, -0.15) is 0 Å². The summed E-state index contributed by atoms with van der Waals surface area (Å²) in [6.07, 6.45) is 2.52. The van der Waals surface area contributed by atoms with Crippen molar-refractivity contribution in [2.45, 2.75) is 58.2 Å². The van der Waals surface area contributed by atoms with Crippen molar-refractivity contribution in [2.75, 3.05) is 0 Å². The molecule has 0 aromatic carbocycles. The van der Waals surface area contributed by atoms with Crippen molar-refractivity contribution in [3.05, 3.63) is 18.2 Å². The van der Waals surface area contributed by atoms with Crippen LogP contribution in [-0.4, -0.2) is 49.6 Å². The minimum absolute atomic E-state index is 0.0855. The molecule has 25 heavy (non-hydrogen) atoms. The molecule has 2 unspecified atom stereocenters. The Kier molecular flexibility index (Phi) is 6.54. The molecule has 9 nitrogen and oxygen atoms in total. The van der Waals surface area contributed by atoms with Gasteiger partial charge in [0.25, 0.3) is 0 Å². The predicted octanol–water partition coefficient (Wildman–Crippen LogP) is 0.937. The number of alkyl carbamates (subject to hydrolysis) is 1. The van der Waals surface area contributed by atoms with Crippen LogP contribution < -0.4 is 10.6 Å². The molecule has 0 spiro atoms. The van der Waals surface area contributed by atoms with Crippen molar-refractivity contribution in [3.63, 3.8) is 0 Å². The van der Waals surface area contributed by atoms with Gasteiger partial charge in [-0.3, -0.25) is 4.79 Å². The molecule has 0 fully saturated rings. The Bertz CT molecular complexity index is 651. The zero-order valence-corrected chi connectivity index (χ0v) is 16.1. The standard InChI is InChI=1S/C15H25N4O5P/c1-14(2,3)24-13(23)17-10(6-9-7-19(25)8-16-9)11(20)18-15(4,5)12(21)22/h7-8,10H,6,25H2,1-5H3,(H,17,23)(H,18,20)(H,21,22). The van der Waals surface area contributed by atoms with Crippen LogP contribution in [0.5, 0.6) is 0 Å². The van der Waals surface area contributed by atoms with Crippen LogP contribution in [0.1, 0.15) is 40.3 Å². The number of hydrogen-bond donors (Lipinski definition) is 3. The summed E-state index contributed by atoms with van der Waals surface area (Å²) in [5, 5.41) is 14.0. The van der Waals surface area contributed by atoms with Crippen molar-refractivity contribution in [2.24, 2.45) is 0 Å². The van der Waals surface area contributed by atoms with Crippen LogP contribution in [0.4, 0.5) is 4.79 Å². The summed E-state index contributed by atoms with van der Waals surface area (Å²) in [7, 11) is 2.40. The molecule has 1 aromatic rings. The SMILES string of the molecule is CC(C)(C)OC(=O)NC(Cc1cn(P)cn1)C(=O)NC(C)(C)C(=O)O. The highest BCUT2D eigenvalue weighted by Crippen LogP contribution is 2.10. The van der Waals surface area contributed by atoms with E-state index in [2.05, 4.69) is 25.0 Å². The minimum Gasteiger partial charge on any atom is -0.480 e. The molecule has 140 valence electrons. The van der Waals surface area contributed by atoms with E-state index in [-0.39, 0.29) is 6.42 Å². The molecule has 0 saturated heterocycles. The van der Waals surface area contributed by atoms with Crippen LogP contribution in [0.15, 0.2) is 12.5 Å². The molecule has 0 aliphatic heterocycles. The maximum absolute atomic E-state index is 12.5. The quantitative estimate of drug-likeness (QED) is 0.639. The van der Waals surface area contributed by atoms with Gasteiger partial charge in [0.15, 0.2) is 0 Å². The van der Waals surface area contributed by atoms with Gasteiger partial charge in [0.05, 0.1) is 12.0 Å². The second-order valence-corrected chi connectivity index (χ2v) is 7.73. The predicted molar refractivity (Wildman–Crippen MR) is 94.1 cm³/mol. The summed E-state index contributed by atoms with van der Waals surface area (Å²) in [6, 6.07) is -1.03. The van der Waals surface area contributed by atoms with E-state index < -0.39 is 35.2 Å². The summed E-state index contributed by atoms with van der Waals surface area (Å²) in [6.45, 7) is 7.81. The first-order valence-electron chi connectivity index (χ1n) is 7.63. The molecule has 2 atom stereocenters. The number of carbonyl (C=O) groups excluding carboxylic acids is 2. The molecule has 0 radical (unpaired) electrons. The number of nitrogens with zero attached hydrogens (tertiary/aromatic N) is 2. The summed E-state index contributed by atoms with van der Waals surface area (Å²) in [5.74, 6) is -1.83. The second-order valence-electron chi connectivity index (χ2n) is 7.13. The molecule has 0 aliphatic carbocycles. The van der Waals surface area contributed by atoms with Gasteiger partial charge in [0, 0.05) is 12.6 Å². The first kappa shape index (κ1) is 20.9. The van der Waals surface area contributed by atoms with Gasteiger partial charge >= 0.3 is 12.1 Å². The summed E-state index contributed by atoms with van der Waals surface area (Å²) in [4.78, 5) is 39.8. The summed E-state index contributed by atoms with van der Waals surface area (Å²) >= 11 is 0. The van der Waals surface area contributed by atoms with Gasteiger partial charge in [-0.05, 0) is 44.0 Å². The monoisotopic (exact) mass is 372 g/mol. The van der Waals surface area contributed by atoms with Crippen molar-refractivity contribution >= 4 is 27.4 Å². The fourth-order valence-corrected chi connectivity index (χ4v) is 2.04. The van der Waals surface area contributed by atoms with Gasteiger partial charge in [-0.1, -0.05) is 0 Å². The van der Waals surface area contributed by atoms with E-state index in [1.54, 1.807) is 31.3 Å². The first-order chi connectivity index (χ1) is 11.3. The molecule has 0 bridgehead atoms. The summed E-state index contributed by atoms with van der Waals surface area (Å²) < 4.78 is 6.79. The van der Waals surface area contributed by atoms with Crippen molar-refractivity contribution < 1.29 is 24.2 Å². The van der Waals surface area contributed by atoms with Gasteiger partial charge in [-0.25, -0.2) is 14.6 Å². The van der Waals surface area contributed by atoms with Crippen molar-refractivity contribution in [3.8, 4) is 0 Å². The Morgan fingerprint density at radius 1 is 1.32 bits per heavy atom. The number of nitrogens with one attached hydrogen (secondary N) is 2. The van der Waals surface area contributed by atoms with E-state index in [4.69, 9.17) is 9.84 Å². The zero-order valence-electron chi connectivity index (χ0n) is 15.0. The average Bonchev–Trinajstić information content (AvgIpc) is 2.80. The summed E-state index contributed by atoms with van der Waals surface area (Å²) in [5.41, 5.74) is -1.66. The molecule has 0 aliphatic rings. The number of carbonyl (C=O) groups is 3. The smallest absolute Gasteiger partial charge is 0.408 e. The Balaban J connectivity index is 2.92. The molecule has 0 saturated carbocycles. The van der Waals surface area contributed by atoms with E-state index in [0.29, 0.717) is 5.69 Å². The molecule has 1 heterocycles. The maximum Gasteiger partial charge on any atom is 0.408 e. The Morgan fingerprint density at radius 3 is 2.36 bits per heavy atom. The normalized spacial score (nSPS) is 13.0. The van der Waals surface area contributed by atoms with Crippen LogP contribution in [0.25, 0.3) is 0 Å². The third kappa shape index (κ3) is 7.09. The van der Waals surface area contributed by atoms with Crippen LogP contribution in [0, 0.1) is 0 Å². The number of carboxylic acid groups (broad SMARTS) is 1. The third-order valence-electron chi connectivity index (χ3n) is 3.05. The van der Waals surface area contributed by atoms with Crippen molar-refractivity contribution in [1.82, 2.24) is 20.0 Å². The van der Waals surface area contributed by atoms with Crippen LogP contribution in [0.3, 0.4) is 0 Å². The fourth-order valence-electron chi connectivity index (χ4n) is 1.80. The second kappa shape index (κ2) is 7.82. The van der Waals surface area contributed by atoms with Gasteiger partial charge < -0.3 is 24.8 Å². The molecule has 10 heteroatoms. The number of carboxylic acids is 1. The minimum atomic E-state index is -1.48. The van der Waals surface area contributed by atoms with E-state index in [9.17, 15) is 14.4 Å². The fraction of sp³-hybridized carbons (Fsp3) is 0.600. The van der Waals surface area contributed by atoms with Crippen LogP contribution in [-0.2, 0) is 20.7 Å². The first-order valence-corrected chi connectivity index (χ1v) is 8.14. The Labute approximate surface area is 148 Å². The number of hydrogen-bond acceptors (Lipinski definition) is 5. The highest BCUT2D eigenvalue weighted by Gasteiger charge is 2.33. The molecular formula is C15H25N4O5P. The lowest BCUT2D eigenvalue weighted by Gasteiger charge is -2.26. The number of ether oxygens (including phenoxy) is 1. The van der Waals surface area contributed by atoms with Gasteiger partial charge in [0.1, 0.15) is 17.2 Å². The number of rotatable bonds is 6. The number of aromatic nitrogens is 2. The molecule has 3 N–H and O–H groups in total. The molecule has 1 aromatic heterocycles. The van der Waals surface area contributed by atoms with E-state index in [1.165, 1.54) is 20.2 Å².